The summed E-state index contributed by atoms with van der Waals surface area (Å²) in [7, 11) is 0. The molecule has 2 rings (SSSR count). The number of primary amides is 1. The summed E-state index contributed by atoms with van der Waals surface area (Å²) >= 11 is 0. The molecule has 0 bridgehead atoms. The Morgan fingerprint density at radius 3 is 2.88 bits per heavy atom. The molecule has 90 valence electrons. The van der Waals surface area contributed by atoms with E-state index < -0.39 is 0 Å². The van der Waals surface area contributed by atoms with Gasteiger partial charge in [0.25, 0.3) is 0 Å². The van der Waals surface area contributed by atoms with Crippen molar-refractivity contribution in [3.05, 3.63) is 35.4 Å². The van der Waals surface area contributed by atoms with Gasteiger partial charge in [-0.1, -0.05) is 24.3 Å². The molecule has 1 aromatic carbocycles. The van der Waals surface area contributed by atoms with E-state index in [4.69, 9.17) is 5.73 Å². The Balaban J connectivity index is 2.17. The molecule has 1 amide bonds. The fourth-order valence-corrected chi connectivity index (χ4v) is 2.46. The van der Waals surface area contributed by atoms with Crippen LogP contribution in [0.1, 0.15) is 41.6 Å². The van der Waals surface area contributed by atoms with Crippen LogP contribution in [0.3, 0.4) is 0 Å². The Labute approximate surface area is 101 Å². The molecule has 1 atom stereocenters. The summed E-state index contributed by atoms with van der Waals surface area (Å²) in [5.74, 6) is -0.180. The van der Waals surface area contributed by atoms with Gasteiger partial charge < -0.3 is 5.73 Å². The number of rotatable bonds is 3. The number of hydrogen-bond acceptors (Lipinski definition) is 2. The van der Waals surface area contributed by atoms with E-state index in [1.807, 2.05) is 24.3 Å². The second-order valence-corrected chi connectivity index (χ2v) is 4.62. The van der Waals surface area contributed by atoms with Crippen molar-refractivity contribution in [1.82, 2.24) is 0 Å². The first kappa shape index (κ1) is 11.8. The number of benzene rings is 1. The largest absolute Gasteiger partial charge is 0.370 e. The number of aryl methyl sites for hydroxylation is 1. The maximum atomic E-state index is 12.3. The van der Waals surface area contributed by atoms with Crippen molar-refractivity contribution in [1.29, 1.82) is 0 Å². The molecular weight excluding hydrogens is 214 g/mol. The van der Waals surface area contributed by atoms with E-state index in [0.29, 0.717) is 12.8 Å². The normalized spacial score (nSPS) is 19.5. The van der Waals surface area contributed by atoms with E-state index in [-0.39, 0.29) is 17.6 Å². The second-order valence-electron chi connectivity index (χ2n) is 4.62. The molecule has 17 heavy (non-hydrogen) atoms. The molecule has 1 aromatic rings. The standard InChI is InChI=1S/C14H17NO2/c15-13(16)9-8-11-6-3-5-10-4-1-2-7-12(10)14(11)17/h1-2,4,7,11H,3,5-6,8-9H2,(H2,15,16). The second kappa shape index (κ2) is 5.13. The van der Waals surface area contributed by atoms with Crippen LogP contribution >= 0.6 is 0 Å². The van der Waals surface area contributed by atoms with E-state index in [1.54, 1.807) is 0 Å². The van der Waals surface area contributed by atoms with Gasteiger partial charge in [0.15, 0.2) is 5.78 Å². The quantitative estimate of drug-likeness (QED) is 0.810. The van der Waals surface area contributed by atoms with Crippen LogP contribution in [0.5, 0.6) is 0 Å². The lowest BCUT2D eigenvalue weighted by Crippen LogP contribution is -2.18. The van der Waals surface area contributed by atoms with Crippen molar-refractivity contribution in [2.45, 2.75) is 32.1 Å². The van der Waals surface area contributed by atoms with Gasteiger partial charge in [-0.25, -0.2) is 0 Å². The Kier molecular flexibility index (Phi) is 3.57. The topological polar surface area (TPSA) is 60.2 Å². The van der Waals surface area contributed by atoms with Crippen molar-refractivity contribution in [3.8, 4) is 0 Å². The molecular formula is C14H17NO2. The Morgan fingerprint density at radius 1 is 1.35 bits per heavy atom. The van der Waals surface area contributed by atoms with Crippen molar-refractivity contribution in [2.24, 2.45) is 11.7 Å². The first-order valence-electron chi connectivity index (χ1n) is 6.09. The maximum Gasteiger partial charge on any atom is 0.217 e. The molecule has 0 spiro atoms. The van der Waals surface area contributed by atoms with Crippen LogP contribution in [0.15, 0.2) is 24.3 Å². The zero-order chi connectivity index (χ0) is 12.3. The van der Waals surface area contributed by atoms with E-state index in [1.165, 1.54) is 0 Å². The third-order valence-corrected chi connectivity index (χ3v) is 3.39. The monoisotopic (exact) mass is 231 g/mol. The van der Waals surface area contributed by atoms with Crippen molar-refractivity contribution < 1.29 is 9.59 Å². The number of nitrogens with two attached hydrogens (primary N) is 1. The molecule has 3 heteroatoms. The third-order valence-electron chi connectivity index (χ3n) is 3.39. The number of amides is 1. The van der Waals surface area contributed by atoms with Crippen LogP contribution in [0.2, 0.25) is 0 Å². The third kappa shape index (κ3) is 2.73. The highest BCUT2D eigenvalue weighted by atomic mass is 16.1. The lowest BCUT2D eigenvalue weighted by atomic mass is 9.91. The summed E-state index contributed by atoms with van der Waals surface area (Å²) in [6, 6.07) is 7.77. The van der Waals surface area contributed by atoms with Gasteiger partial charge in [0.1, 0.15) is 0 Å². The Morgan fingerprint density at radius 2 is 2.12 bits per heavy atom. The molecule has 0 heterocycles. The first-order chi connectivity index (χ1) is 8.18. The maximum absolute atomic E-state index is 12.3. The summed E-state index contributed by atoms with van der Waals surface area (Å²) in [5.41, 5.74) is 7.11. The zero-order valence-electron chi connectivity index (χ0n) is 9.82. The summed E-state index contributed by atoms with van der Waals surface area (Å²) in [6.07, 6.45) is 3.71. The fraction of sp³-hybridized carbons (Fsp3) is 0.429. The smallest absolute Gasteiger partial charge is 0.217 e. The van der Waals surface area contributed by atoms with Crippen molar-refractivity contribution in [2.75, 3.05) is 0 Å². The summed E-state index contributed by atoms with van der Waals surface area (Å²) in [5, 5.41) is 0. The van der Waals surface area contributed by atoms with Gasteiger partial charge in [-0.2, -0.15) is 0 Å². The lowest BCUT2D eigenvalue weighted by Gasteiger charge is -2.12. The van der Waals surface area contributed by atoms with Gasteiger partial charge in [-0.15, -0.1) is 0 Å². The summed E-state index contributed by atoms with van der Waals surface area (Å²) in [6.45, 7) is 0. The molecule has 1 aliphatic carbocycles. The van der Waals surface area contributed by atoms with E-state index in [9.17, 15) is 9.59 Å². The average Bonchev–Trinajstić information content (AvgIpc) is 2.47. The minimum Gasteiger partial charge on any atom is -0.370 e. The van der Waals surface area contributed by atoms with Crippen LogP contribution in [-0.4, -0.2) is 11.7 Å². The van der Waals surface area contributed by atoms with Crippen LogP contribution in [-0.2, 0) is 11.2 Å². The number of fused-ring (bicyclic) bond motifs is 1. The molecule has 0 saturated carbocycles. The van der Waals surface area contributed by atoms with Crippen LogP contribution in [0.4, 0.5) is 0 Å². The molecule has 1 unspecified atom stereocenters. The van der Waals surface area contributed by atoms with Crippen LogP contribution in [0.25, 0.3) is 0 Å². The SMILES string of the molecule is NC(=O)CCC1CCCc2ccccc2C1=O. The fourth-order valence-electron chi connectivity index (χ4n) is 2.46. The highest BCUT2D eigenvalue weighted by Crippen LogP contribution is 2.27. The van der Waals surface area contributed by atoms with Gasteiger partial charge in [-0.3, -0.25) is 9.59 Å². The Hall–Kier alpha value is -1.64. The van der Waals surface area contributed by atoms with E-state index in [0.717, 1.165) is 30.4 Å². The highest BCUT2D eigenvalue weighted by molar-refractivity contribution is 5.99. The minimum absolute atomic E-state index is 0.0360. The van der Waals surface area contributed by atoms with Gasteiger partial charge in [0.05, 0.1) is 0 Å². The number of Topliss-reactive ketones (excluding diaryl/α,β-unsaturated/α-hetero) is 1. The molecule has 0 aromatic heterocycles. The average molecular weight is 231 g/mol. The number of carbonyl (C=O) groups excluding carboxylic acids is 2. The van der Waals surface area contributed by atoms with Crippen molar-refractivity contribution >= 4 is 11.7 Å². The van der Waals surface area contributed by atoms with Crippen LogP contribution in [0, 0.1) is 5.92 Å². The zero-order valence-corrected chi connectivity index (χ0v) is 9.82. The molecule has 0 aliphatic heterocycles. The van der Waals surface area contributed by atoms with Gasteiger partial charge >= 0.3 is 0 Å². The molecule has 2 N–H and O–H groups in total. The summed E-state index contributed by atoms with van der Waals surface area (Å²) < 4.78 is 0. The van der Waals surface area contributed by atoms with Gasteiger partial charge in [0, 0.05) is 17.9 Å². The Bertz CT molecular complexity index is 440. The predicted octanol–water partition coefficient (Wildman–Crippen LogP) is 2.09. The summed E-state index contributed by atoms with van der Waals surface area (Å²) in [4.78, 5) is 23.1. The van der Waals surface area contributed by atoms with Crippen LogP contribution < -0.4 is 5.73 Å². The molecule has 0 radical (unpaired) electrons. The molecule has 3 nitrogen and oxygen atoms in total. The number of carbonyl (C=O) groups is 2. The highest BCUT2D eigenvalue weighted by Gasteiger charge is 2.25. The van der Waals surface area contributed by atoms with Gasteiger partial charge in [-0.05, 0) is 31.2 Å². The molecule has 0 saturated heterocycles. The number of ketones is 1. The molecule has 1 aliphatic rings. The molecule has 0 fully saturated rings. The van der Waals surface area contributed by atoms with Gasteiger partial charge in [0.2, 0.25) is 5.91 Å². The first-order valence-corrected chi connectivity index (χ1v) is 6.09. The van der Waals surface area contributed by atoms with E-state index >= 15 is 0 Å². The minimum atomic E-state index is -0.324. The van der Waals surface area contributed by atoms with E-state index in [2.05, 4.69) is 0 Å². The number of hydrogen-bond donors (Lipinski definition) is 1. The van der Waals surface area contributed by atoms with Crippen molar-refractivity contribution in [3.63, 3.8) is 0 Å². The predicted molar refractivity (Wildman–Crippen MR) is 65.6 cm³/mol. The lowest BCUT2D eigenvalue weighted by molar-refractivity contribution is -0.118.